The Morgan fingerprint density at radius 2 is 1.95 bits per heavy atom. The maximum Gasteiger partial charge on any atom is 0.127 e. The maximum atomic E-state index is 5.84. The molecule has 1 aromatic rings. The van der Waals surface area contributed by atoms with Crippen molar-refractivity contribution < 1.29 is 14.2 Å². The molecule has 120 valence electrons. The second kappa shape index (κ2) is 10.5. The number of methoxy groups -OCH3 is 1. The number of nitrogens with one attached hydrogen (secondary N) is 1. The molecule has 0 saturated heterocycles. The normalized spacial score (nSPS) is 10.9. The molecular weight excluding hydrogens is 266 g/mol. The average molecular weight is 295 g/mol. The molecule has 0 amide bonds. The lowest BCUT2D eigenvalue weighted by molar-refractivity contribution is 0.100. The Labute approximate surface area is 128 Å². The predicted molar refractivity (Wildman–Crippen MR) is 86.1 cm³/mol. The van der Waals surface area contributed by atoms with E-state index in [4.69, 9.17) is 14.2 Å². The fourth-order valence-corrected chi connectivity index (χ4v) is 1.89. The van der Waals surface area contributed by atoms with Gasteiger partial charge in [0.05, 0.1) is 13.7 Å². The summed E-state index contributed by atoms with van der Waals surface area (Å²) in [6.07, 6.45) is 1.03. The highest BCUT2D eigenvalue weighted by Crippen LogP contribution is 2.24. The van der Waals surface area contributed by atoms with Gasteiger partial charge in [-0.15, -0.1) is 0 Å². The molecule has 0 radical (unpaired) electrons. The summed E-state index contributed by atoms with van der Waals surface area (Å²) in [5, 5.41) is 3.44. The second-order valence-electron chi connectivity index (χ2n) is 5.46. The van der Waals surface area contributed by atoms with Crippen LogP contribution in [0.4, 0.5) is 0 Å². The molecule has 21 heavy (non-hydrogen) atoms. The van der Waals surface area contributed by atoms with Crippen LogP contribution >= 0.6 is 0 Å². The zero-order valence-corrected chi connectivity index (χ0v) is 13.8. The van der Waals surface area contributed by atoms with Crippen LogP contribution in [0.25, 0.3) is 0 Å². The van der Waals surface area contributed by atoms with E-state index < -0.39 is 0 Å². The Bertz CT molecular complexity index is 394. The van der Waals surface area contributed by atoms with Gasteiger partial charge in [0.25, 0.3) is 0 Å². The summed E-state index contributed by atoms with van der Waals surface area (Å²) < 4.78 is 16.5. The molecule has 0 aliphatic rings. The summed E-state index contributed by atoms with van der Waals surface area (Å²) in [4.78, 5) is 0. The minimum atomic E-state index is 0.560. The standard InChI is InChI=1S/C17H29NO3/c1-5-8-20-9-10-21-17-11-16(19-4)7-6-15(17)13-18-12-14(2)3/h6-7,11,14,18H,5,8-10,12-13H2,1-4H3. The molecule has 0 aliphatic carbocycles. The fourth-order valence-electron chi connectivity index (χ4n) is 1.89. The zero-order valence-electron chi connectivity index (χ0n) is 13.8. The summed E-state index contributed by atoms with van der Waals surface area (Å²) in [5.74, 6) is 2.31. The van der Waals surface area contributed by atoms with E-state index in [0.29, 0.717) is 19.1 Å². The molecule has 0 aliphatic heterocycles. The molecule has 0 saturated carbocycles. The highest BCUT2D eigenvalue weighted by molar-refractivity contribution is 5.40. The molecule has 0 bridgehead atoms. The molecule has 4 heteroatoms. The van der Waals surface area contributed by atoms with E-state index >= 15 is 0 Å². The molecule has 0 atom stereocenters. The van der Waals surface area contributed by atoms with Crippen LogP contribution in [-0.2, 0) is 11.3 Å². The van der Waals surface area contributed by atoms with Gasteiger partial charge in [-0.2, -0.15) is 0 Å². The van der Waals surface area contributed by atoms with Gasteiger partial charge in [0.2, 0.25) is 0 Å². The summed E-state index contributed by atoms with van der Waals surface area (Å²) in [6.45, 7) is 10.2. The number of rotatable bonds is 11. The average Bonchev–Trinajstić information content (AvgIpc) is 2.47. The first-order valence-corrected chi connectivity index (χ1v) is 7.75. The van der Waals surface area contributed by atoms with Crippen molar-refractivity contribution in [3.63, 3.8) is 0 Å². The van der Waals surface area contributed by atoms with Crippen molar-refractivity contribution in [2.45, 2.75) is 33.7 Å². The second-order valence-corrected chi connectivity index (χ2v) is 5.46. The molecule has 1 N–H and O–H groups in total. The lowest BCUT2D eigenvalue weighted by Crippen LogP contribution is -2.19. The molecule has 0 spiro atoms. The van der Waals surface area contributed by atoms with Gasteiger partial charge in [0.1, 0.15) is 18.1 Å². The van der Waals surface area contributed by atoms with E-state index in [2.05, 4.69) is 26.1 Å². The predicted octanol–water partition coefficient (Wildman–Crippen LogP) is 3.25. The van der Waals surface area contributed by atoms with Crippen LogP contribution in [0.1, 0.15) is 32.8 Å². The molecule has 0 fully saturated rings. The van der Waals surface area contributed by atoms with Crippen molar-refractivity contribution in [1.82, 2.24) is 5.32 Å². The Morgan fingerprint density at radius 3 is 2.62 bits per heavy atom. The lowest BCUT2D eigenvalue weighted by atomic mass is 10.1. The van der Waals surface area contributed by atoms with E-state index in [1.807, 2.05) is 18.2 Å². The third-order valence-corrected chi connectivity index (χ3v) is 2.98. The van der Waals surface area contributed by atoms with Crippen LogP contribution in [0.15, 0.2) is 18.2 Å². The van der Waals surface area contributed by atoms with Gasteiger partial charge in [-0.3, -0.25) is 0 Å². The van der Waals surface area contributed by atoms with Crippen molar-refractivity contribution in [2.75, 3.05) is 33.5 Å². The molecule has 0 aromatic heterocycles. The highest BCUT2D eigenvalue weighted by Gasteiger charge is 2.06. The molecule has 1 aromatic carbocycles. The van der Waals surface area contributed by atoms with E-state index in [9.17, 15) is 0 Å². The van der Waals surface area contributed by atoms with Crippen molar-refractivity contribution in [3.05, 3.63) is 23.8 Å². The van der Waals surface area contributed by atoms with Crippen molar-refractivity contribution in [1.29, 1.82) is 0 Å². The minimum absolute atomic E-state index is 0.560. The number of hydrogen-bond donors (Lipinski definition) is 1. The van der Waals surface area contributed by atoms with E-state index in [-0.39, 0.29) is 0 Å². The Morgan fingerprint density at radius 1 is 1.14 bits per heavy atom. The van der Waals surface area contributed by atoms with Crippen LogP contribution < -0.4 is 14.8 Å². The summed E-state index contributed by atoms with van der Waals surface area (Å²) in [5.41, 5.74) is 1.15. The first-order chi connectivity index (χ1) is 10.2. The van der Waals surface area contributed by atoms with Gasteiger partial charge in [-0.25, -0.2) is 0 Å². The van der Waals surface area contributed by atoms with Crippen molar-refractivity contribution >= 4 is 0 Å². The highest BCUT2D eigenvalue weighted by atomic mass is 16.5. The van der Waals surface area contributed by atoms with Crippen LogP contribution in [0.5, 0.6) is 11.5 Å². The molecule has 1 rings (SSSR count). The maximum absolute atomic E-state index is 5.84. The van der Waals surface area contributed by atoms with Crippen LogP contribution in [0.3, 0.4) is 0 Å². The van der Waals surface area contributed by atoms with Crippen LogP contribution in [-0.4, -0.2) is 33.5 Å². The monoisotopic (exact) mass is 295 g/mol. The first kappa shape index (κ1) is 17.8. The number of ether oxygens (including phenoxy) is 3. The lowest BCUT2D eigenvalue weighted by Gasteiger charge is -2.14. The van der Waals surface area contributed by atoms with Gasteiger partial charge in [0, 0.05) is 24.8 Å². The van der Waals surface area contributed by atoms with Gasteiger partial charge >= 0.3 is 0 Å². The zero-order chi connectivity index (χ0) is 15.5. The van der Waals surface area contributed by atoms with Crippen LogP contribution in [0, 0.1) is 5.92 Å². The van der Waals surface area contributed by atoms with Crippen molar-refractivity contribution in [2.24, 2.45) is 5.92 Å². The van der Waals surface area contributed by atoms with E-state index in [0.717, 1.165) is 43.2 Å². The molecule has 0 unspecified atom stereocenters. The number of hydrogen-bond acceptors (Lipinski definition) is 4. The van der Waals surface area contributed by atoms with Crippen LogP contribution in [0.2, 0.25) is 0 Å². The first-order valence-electron chi connectivity index (χ1n) is 7.75. The summed E-state index contributed by atoms with van der Waals surface area (Å²) in [7, 11) is 1.67. The van der Waals surface area contributed by atoms with Crippen molar-refractivity contribution in [3.8, 4) is 11.5 Å². The topological polar surface area (TPSA) is 39.7 Å². The van der Waals surface area contributed by atoms with Gasteiger partial charge in [0.15, 0.2) is 0 Å². The third kappa shape index (κ3) is 7.34. The molecular formula is C17H29NO3. The largest absolute Gasteiger partial charge is 0.497 e. The third-order valence-electron chi connectivity index (χ3n) is 2.98. The Hall–Kier alpha value is -1.26. The van der Waals surface area contributed by atoms with E-state index in [1.54, 1.807) is 7.11 Å². The molecule has 4 nitrogen and oxygen atoms in total. The van der Waals surface area contributed by atoms with Gasteiger partial charge in [-0.1, -0.05) is 26.8 Å². The summed E-state index contributed by atoms with van der Waals surface area (Å²) >= 11 is 0. The fraction of sp³-hybridized carbons (Fsp3) is 0.647. The molecule has 0 heterocycles. The van der Waals surface area contributed by atoms with Gasteiger partial charge in [-0.05, 0) is 24.9 Å². The quantitative estimate of drug-likeness (QED) is 0.636. The van der Waals surface area contributed by atoms with E-state index in [1.165, 1.54) is 0 Å². The smallest absolute Gasteiger partial charge is 0.127 e. The summed E-state index contributed by atoms with van der Waals surface area (Å²) in [6, 6.07) is 5.95. The minimum Gasteiger partial charge on any atom is -0.497 e. The number of benzene rings is 1. The Balaban J connectivity index is 2.55. The Kier molecular flexibility index (Phi) is 8.87. The van der Waals surface area contributed by atoms with Gasteiger partial charge < -0.3 is 19.5 Å². The SMILES string of the molecule is CCCOCCOc1cc(OC)ccc1CNCC(C)C.